The Labute approximate surface area is 138 Å². The number of hydrogen-bond acceptors (Lipinski definition) is 3. The number of hydrogen-bond donors (Lipinski definition) is 0. The van der Waals surface area contributed by atoms with Crippen LogP contribution in [0.1, 0.15) is 30.7 Å². The quantitative estimate of drug-likeness (QED) is 0.733. The number of nitrogens with zero attached hydrogens (tertiary/aromatic N) is 2. The molecule has 0 amide bonds. The molecule has 0 spiro atoms. The van der Waals surface area contributed by atoms with Gasteiger partial charge in [0.1, 0.15) is 5.76 Å². The van der Waals surface area contributed by atoms with E-state index in [2.05, 4.69) is 33.9 Å². The maximum atomic E-state index is 5.87. The summed E-state index contributed by atoms with van der Waals surface area (Å²) >= 11 is 0. The third kappa shape index (κ3) is 4.06. The van der Waals surface area contributed by atoms with Gasteiger partial charge in [-0.15, -0.1) is 0 Å². The Bertz CT molecular complexity index is 601. The van der Waals surface area contributed by atoms with Crippen molar-refractivity contribution in [2.75, 3.05) is 19.8 Å². The summed E-state index contributed by atoms with van der Waals surface area (Å²) in [6, 6.07) is 8.43. The maximum Gasteiger partial charge on any atom is 0.117 e. The van der Waals surface area contributed by atoms with Crippen molar-refractivity contribution in [3.8, 4) is 0 Å². The number of aromatic nitrogens is 1. The summed E-state index contributed by atoms with van der Waals surface area (Å²) in [5, 5.41) is 0. The highest BCUT2D eigenvalue weighted by Gasteiger charge is 2.23. The van der Waals surface area contributed by atoms with Gasteiger partial charge in [-0.3, -0.25) is 4.90 Å². The van der Waals surface area contributed by atoms with Crippen LogP contribution >= 0.6 is 0 Å². The molecule has 124 valence electrons. The fourth-order valence-electron chi connectivity index (χ4n) is 3.48. The molecule has 4 rings (SSSR count). The molecule has 0 aromatic carbocycles. The number of furan rings is 1. The Morgan fingerprint density at radius 3 is 2.91 bits per heavy atom. The average Bonchev–Trinajstić information content (AvgIpc) is 3.10. The standard InChI is InChI=1S/C19H26N2O2/c1-3-18-13-20(14-19-4-2-9-23-19)11-17(12-21(18)8-1)7-10-22-15-16-5-6-16/h1-4,8-9,16-17H,5-7,10-15H2. The summed E-state index contributed by atoms with van der Waals surface area (Å²) < 4.78 is 13.8. The van der Waals surface area contributed by atoms with Crippen molar-refractivity contribution >= 4 is 0 Å². The van der Waals surface area contributed by atoms with Gasteiger partial charge in [0.05, 0.1) is 12.8 Å². The van der Waals surface area contributed by atoms with E-state index in [0.717, 1.165) is 57.5 Å². The molecule has 4 nitrogen and oxygen atoms in total. The van der Waals surface area contributed by atoms with Gasteiger partial charge >= 0.3 is 0 Å². The third-order valence-corrected chi connectivity index (χ3v) is 4.96. The van der Waals surface area contributed by atoms with Crippen molar-refractivity contribution in [2.24, 2.45) is 11.8 Å². The van der Waals surface area contributed by atoms with Crippen LogP contribution in [0.5, 0.6) is 0 Å². The molecule has 2 aromatic heterocycles. The summed E-state index contributed by atoms with van der Waals surface area (Å²) in [6.45, 7) is 5.95. The van der Waals surface area contributed by atoms with Crippen LogP contribution in [0, 0.1) is 11.8 Å². The van der Waals surface area contributed by atoms with Crippen LogP contribution in [0.25, 0.3) is 0 Å². The molecule has 1 fully saturated rings. The van der Waals surface area contributed by atoms with Crippen LogP contribution in [0.3, 0.4) is 0 Å². The van der Waals surface area contributed by atoms with E-state index in [4.69, 9.17) is 9.15 Å². The van der Waals surface area contributed by atoms with E-state index in [1.807, 2.05) is 6.07 Å². The summed E-state index contributed by atoms with van der Waals surface area (Å²) in [4.78, 5) is 2.50. The lowest BCUT2D eigenvalue weighted by molar-refractivity contribution is 0.0999. The second kappa shape index (κ2) is 6.93. The summed E-state index contributed by atoms with van der Waals surface area (Å²) in [6.07, 6.45) is 7.85. The molecule has 4 heteroatoms. The normalized spacial score (nSPS) is 22.0. The van der Waals surface area contributed by atoms with E-state index in [1.165, 1.54) is 18.5 Å². The zero-order valence-corrected chi connectivity index (χ0v) is 13.7. The van der Waals surface area contributed by atoms with Crippen LogP contribution < -0.4 is 0 Å². The number of rotatable bonds is 7. The topological polar surface area (TPSA) is 30.5 Å². The Morgan fingerprint density at radius 2 is 2.09 bits per heavy atom. The molecule has 2 aliphatic rings. The second-order valence-corrected chi connectivity index (χ2v) is 7.07. The highest BCUT2D eigenvalue weighted by molar-refractivity contribution is 5.09. The van der Waals surface area contributed by atoms with E-state index >= 15 is 0 Å². The smallest absolute Gasteiger partial charge is 0.117 e. The summed E-state index contributed by atoms with van der Waals surface area (Å²) in [5.41, 5.74) is 1.40. The second-order valence-electron chi connectivity index (χ2n) is 7.07. The highest BCUT2D eigenvalue weighted by atomic mass is 16.5. The fourth-order valence-corrected chi connectivity index (χ4v) is 3.48. The molecular formula is C19H26N2O2. The van der Waals surface area contributed by atoms with Gasteiger partial charge in [0, 0.05) is 44.7 Å². The average molecular weight is 314 g/mol. The molecule has 0 saturated heterocycles. The first-order valence-corrected chi connectivity index (χ1v) is 8.83. The van der Waals surface area contributed by atoms with E-state index in [-0.39, 0.29) is 0 Å². The Balaban J connectivity index is 1.37. The largest absolute Gasteiger partial charge is 0.468 e. The summed E-state index contributed by atoms with van der Waals surface area (Å²) in [7, 11) is 0. The van der Waals surface area contributed by atoms with Gasteiger partial charge in [0.2, 0.25) is 0 Å². The Kier molecular flexibility index (Phi) is 4.53. The van der Waals surface area contributed by atoms with Gasteiger partial charge in [-0.25, -0.2) is 0 Å². The zero-order chi connectivity index (χ0) is 15.5. The van der Waals surface area contributed by atoms with Crippen LogP contribution in [0.2, 0.25) is 0 Å². The van der Waals surface area contributed by atoms with Crippen molar-refractivity contribution in [3.05, 3.63) is 48.2 Å². The minimum absolute atomic E-state index is 0.637. The van der Waals surface area contributed by atoms with Crippen LogP contribution in [-0.2, 0) is 24.4 Å². The Hall–Kier alpha value is -1.52. The first-order valence-electron chi connectivity index (χ1n) is 8.83. The molecule has 2 aromatic rings. The minimum Gasteiger partial charge on any atom is -0.468 e. The van der Waals surface area contributed by atoms with Crippen molar-refractivity contribution in [3.63, 3.8) is 0 Å². The number of fused-ring (bicyclic) bond motifs is 1. The summed E-state index contributed by atoms with van der Waals surface area (Å²) in [5.74, 6) is 2.54. The number of ether oxygens (including phenoxy) is 1. The first kappa shape index (κ1) is 15.0. The van der Waals surface area contributed by atoms with Crippen LogP contribution in [0.15, 0.2) is 41.1 Å². The molecular weight excluding hydrogens is 288 g/mol. The lowest BCUT2D eigenvalue weighted by Gasteiger charge is -2.23. The van der Waals surface area contributed by atoms with E-state index < -0.39 is 0 Å². The molecule has 1 aliphatic carbocycles. The van der Waals surface area contributed by atoms with E-state index in [0.29, 0.717) is 5.92 Å². The molecule has 0 radical (unpaired) electrons. The molecule has 0 N–H and O–H groups in total. The zero-order valence-electron chi connectivity index (χ0n) is 13.7. The molecule has 1 unspecified atom stereocenters. The van der Waals surface area contributed by atoms with Crippen molar-refractivity contribution in [1.82, 2.24) is 9.47 Å². The van der Waals surface area contributed by atoms with Gasteiger partial charge in [0.15, 0.2) is 0 Å². The SMILES string of the molecule is c1coc(CN2Cc3cccn3CC(CCOCC3CC3)C2)c1. The lowest BCUT2D eigenvalue weighted by atomic mass is 10.1. The van der Waals surface area contributed by atoms with Crippen molar-refractivity contribution < 1.29 is 9.15 Å². The van der Waals surface area contributed by atoms with Crippen molar-refractivity contribution in [1.29, 1.82) is 0 Å². The van der Waals surface area contributed by atoms with Crippen molar-refractivity contribution in [2.45, 2.75) is 38.9 Å². The lowest BCUT2D eigenvalue weighted by Crippen LogP contribution is -2.28. The van der Waals surface area contributed by atoms with Gasteiger partial charge in [-0.2, -0.15) is 0 Å². The van der Waals surface area contributed by atoms with Gasteiger partial charge in [-0.05, 0) is 55.4 Å². The Morgan fingerprint density at radius 1 is 1.13 bits per heavy atom. The van der Waals surface area contributed by atoms with Crippen LogP contribution in [0.4, 0.5) is 0 Å². The predicted octanol–water partition coefficient (Wildman–Crippen LogP) is 3.53. The molecule has 1 aliphatic heterocycles. The fraction of sp³-hybridized carbons (Fsp3) is 0.579. The molecule has 1 saturated carbocycles. The van der Waals surface area contributed by atoms with Gasteiger partial charge in [0.25, 0.3) is 0 Å². The predicted molar refractivity (Wildman–Crippen MR) is 88.9 cm³/mol. The van der Waals surface area contributed by atoms with Gasteiger partial charge < -0.3 is 13.7 Å². The molecule has 3 heterocycles. The third-order valence-electron chi connectivity index (χ3n) is 4.96. The highest BCUT2D eigenvalue weighted by Crippen LogP contribution is 2.29. The maximum absolute atomic E-state index is 5.87. The van der Waals surface area contributed by atoms with E-state index in [1.54, 1.807) is 6.26 Å². The van der Waals surface area contributed by atoms with E-state index in [9.17, 15) is 0 Å². The molecule has 0 bridgehead atoms. The van der Waals surface area contributed by atoms with Crippen LogP contribution in [-0.4, -0.2) is 29.2 Å². The minimum atomic E-state index is 0.637. The monoisotopic (exact) mass is 314 g/mol. The van der Waals surface area contributed by atoms with Gasteiger partial charge in [-0.1, -0.05) is 0 Å². The molecule has 23 heavy (non-hydrogen) atoms. The first-order chi connectivity index (χ1) is 11.4. The molecule has 1 atom stereocenters.